The summed E-state index contributed by atoms with van der Waals surface area (Å²) in [5.74, 6) is -1.21. The molecule has 62 heavy (non-hydrogen) atoms. The second-order valence-electron chi connectivity index (χ2n) is 15.0. The molecule has 0 aromatic heterocycles. The summed E-state index contributed by atoms with van der Waals surface area (Å²) in [7, 11) is 0. The van der Waals surface area contributed by atoms with E-state index in [1.165, 1.54) is 0 Å². The van der Waals surface area contributed by atoms with Gasteiger partial charge in [-0.3, -0.25) is 0 Å². The molecular formula is C34H54O28. The summed E-state index contributed by atoms with van der Waals surface area (Å²) in [5, 5.41) is 171. The van der Waals surface area contributed by atoms with Crippen LogP contribution in [0.15, 0.2) is 24.0 Å². The molecule has 0 aliphatic carbocycles. The van der Waals surface area contributed by atoms with Gasteiger partial charge in [-0.05, 0) is 0 Å². The van der Waals surface area contributed by atoms with Crippen molar-refractivity contribution in [2.75, 3.05) is 39.8 Å². The maximum absolute atomic E-state index is 11.1. The van der Waals surface area contributed by atoms with Crippen molar-refractivity contribution in [2.24, 2.45) is 0 Å². The summed E-state index contributed by atoms with van der Waals surface area (Å²) in [6.45, 7) is -5.69. The van der Waals surface area contributed by atoms with Gasteiger partial charge in [0.2, 0.25) is 12.6 Å². The average molecular weight is 911 g/mol. The van der Waals surface area contributed by atoms with Gasteiger partial charge in [-0.1, -0.05) is 0 Å². The zero-order valence-electron chi connectivity index (χ0n) is 32.3. The second-order valence-corrected chi connectivity index (χ2v) is 15.0. The molecule has 0 saturated carbocycles. The molecule has 0 radical (unpaired) electrons. The first-order chi connectivity index (χ1) is 29.6. The van der Waals surface area contributed by atoms with Crippen LogP contribution in [0.2, 0.25) is 0 Å². The van der Waals surface area contributed by atoms with Crippen molar-refractivity contribution in [3.63, 3.8) is 0 Å². The highest BCUT2D eigenvalue weighted by molar-refractivity contribution is 5.09. The van der Waals surface area contributed by atoms with E-state index in [-0.39, 0.29) is 0 Å². The molecule has 16 N–H and O–H groups in total. The Kier molecular flexibility index (Phi) is 16.9. The van der Waals surface area contributed by atoms with Crippen molar-refractivity contribution in [3.05, 3.63) is 24.0 Å². The quantitative estimate of drug-likeness (QED) is 0.118. The third kappa shape index (κ3) is 10.1. The fourth-order valence-corrected chi connectivity index (χ4v) is 7.35. The molecule has 0 aromatic rings. The van der Waals surface area contributed by atoms with E-state index >= 15 is 0 Å². The molecule has 28 heteroatoms. The summed E-state index contributed by atoms with van der Waals surface area (Å²) in [5.41, 5.74) is 0. The van der Waals surface area contributed by atoms with Gasteiger partial charge < -0.3 is 139 Å². The fourth-order valence-electron chi connectivity index (χ4n) is 7.35. The summed E-state index contributed by atoms with van der Waals surface area (Å²) < 4.78 is 66.2. The number of hydrogen-bond acceptors (Lipinski definition) is 28. The Bertz CT molecular complexity index is 1470. The lowest BCUT2D eigenvalue weighted by atomic mass is 9.96. The molecule has 0 aromatic carbocycles. The Morgan fingerprint density at radius 1 is 0.435 bits per heavy atom. The lowest BCUT2D eigenvalue weighted by Crippen LogP contribution is -2.67. The maximum Gasteiger partial charge on any atom is 0.268 e. The number of rotatable bonds is 6. The number of ether oxygens (including phenoxy) is 12. The van der Waals surface area contributed by atoms with Crippen LogP contribution >= 0.6 is 0 Å². The maximum atomic E-state index is 11.1. The SMILES string of the molecule is OCC1O[C@@H]2OC3=CO[C@H](OC4=CO[C@H](O[C@@H]([C@H](O)CO)C(CO)OCO[C@@H]5C(CO)O[C@H](O[C@@H]6C(CO)O[C@H](O[C@H]1C(O)[C@@H]2O)C(O)[C@H]6O)C(O)[C@H]5O)[C@@H](O)C4O)[C@@H](O)C3O. The lowest BCUT2D eigenvalue weighted by molar-refractivity contribution is -0.381. The topological polar surface area (TPSA) is 434 Å². The van der Waals surface area contributed by atoms with Crippen LogP contribution in [0.5, 0.6) is 0 Å². The van der Waals surface area contributed by atoms with Gasteiger partial charge >= 0.3 is 0 Å². The molecule has 10 bridgehead atoms. The molecule has 19 aliphatic rings. The summed E-state index contributed by atoms with van der Waals surface area (Å²) in [4.78, 5) is 0. The van der Waals surface area contributed by atoms with Gasteiger partial charge in [0.25, 0.3) is 6.29 Å². The Morgan fingerprint density at radius 3 is 1.35 bits per heavy atom. The Balaban J connectivity index is 1.28. The number of hydrogen-bond donors (Lipinski definition) is 16. The molecule has 3 fully saturated rings. The van der Waals surface area contributed by atoms with Crippen molar-refractivity contribution >= 4 is 0 Å². The standard InChI is InChI=1S/C34H54O28/c35-1-9(40)26-10(2-36)53-8-54-27-11(3-37)55-33(23(48)18(27)43)61-29-13(5-39)57-34(25(50)20(29)45)62-28-12(4-38)56-32(24(49)19(28)44)59-15-7-51-30(21(46)17(15)42)58-14-6-52-31(60-26)22(47)16(14)41/h6-7,9-13,16-50H,1-5,8H2/t9-,10?,11?,12?,13?,16?,17?,18-,19?,20-,21+,22+,23?,24+,25?,26+,27-,28-,29-,30-,31-,32-,33-,34-/m1/s1. The van der Waals surface area contributed by atoms with Crippen molar-refractivity contribution in [3.8, 4) is 0 Å². The molecule has 19 heterocycles. The van der Waals surface area contributed by atoms with E-state index < -0.39 is 199 Å². The predicted molar refractivity (Wildman–Crippen MR) is 185 cm³/mol. The van der Waals surface area contributed by atoms with Gasteiger partial charge in [-0.2, -0.15) is 0 Å². The first kappa shape index (κ1) is 49.2. The molecule has 3 saturated heterocycles. The van der Waals surface area contributed by atoms with Gasteiger partial charge in [-0.25, -0.2) is 0 Å². The van der Waals surface area contributed by atoms with Crippen LogP contribution in [-0.4, -0.2) is 269 Å². The van der Waals surface area contributed by atoms with Crippen LogP contribution in [0.1, 0.15) is 0 Å². The molecule has 9 unspecified atom stereocenters. The van der Waals surface area contributed by atoms with Gasteiger partial charge in [0.05, 0.1) is 33.0 Å². The van der Waals surface area contributed by atoms with E-state index in [4.69, 9.17) is 56.8 Å². The van der Waals surface area contributed by atoms with Crippen LogP contribution in [0.3, 0.4) is 0 Å². The zero-order valence-corrected chi connectivity index (χ0v) is 32.3. The normalized spacial score (nSPS) is 48.9. The van der Waals surface area contributed by atoms with Crippen LogP contribution in [0.4, 0.5) is 0 Å². The third-order valence-electron chi connectivity index (χ3n) is 10.9. The van der Waals surface area contributed by atoms with Crippen molar-refractivity contribution in [1.82, 2.24) is 0 Å². The minimum atomic E-state index is -2.09. The lowest BCUT2D eigenvalue weighted by Gasteiger charge is -2.48. The van der Waals surface area contributed by atoms with Crippen LogP contribution in [0.25, 0.3) is 0 Å². The van der Waals surface area contributed by atoms with Gasteiger partial charge in [0.1, 0.15) is 129 Å². The van der Waals surface area contributed by atoms with Crippen molar-refractivity contribution < 1.29 is 139 Å². The highest BCUT2D eigenvalue weighted by atomic mass is 16.8. The highest BCUT2D eigenvalue weighted by Gasteiger charge is 2.55. The monoisotopic (exact) mass is 910 g/mol. The highest BCUT2D eigenvalue weighted by Crippen LogP contribution is 2.35. The summed E-state index contributed by atoms with van der Waals surface area (Å²) in [6, 6.07) is 0. The Morgan fingerprint density at radius 2 is 0.855 bits per heavy atom. The molecule has 28 nitrogen and oxygen atoms in total. The van der Waals surface area contributed by atoms with Crippen LogP contribution < -0.4 is 0 Å². The fraction of sp³-hybridized carbons (Fsp3) is 0.882. The molecule has 19 rings (SSSR count). The van der Waals surface area contributed by atoms with Gasteiger partial charge in [0.15, 0.2) is 30.2 Å². The van der Waals surface area contributed by atoms with E-state index in [9.17, 15) is 81.7 Å². The molecule has 358 valence electrons. The summed E-state index contributed by atoms with van der Waals surface area (Å²) in [6.07, 6.45) is -43.6. The molecular weight excluding hydrogens is 856 g/mol. The Hall–Kier alpha value is -2.28. The van der Waals surface area contributed by atoms with Crippen molar-refractivity contribution in [2.45, 2.75) is 147 Å². The average Bonchev–Trinajstić information content (AvgIpc) is 3.27. The van der Waals surface area contributed by atoms with E-state index in [1.54, 1.807) is 0 Å². The first-order valence-corrected chi connectivity index (χ1v) is 19.3. The van der Waals surface area contributed by atoms with E-state index in [1.807, 2.05) is 0 Å². The van der Waals surface area contributed by atoms with E-state index in [0.29, 0.717) is 12.5 Å². The number of aliphatic hydroxyl groups is 16. The molecule has 0 spiro atoms. The Labute approximate surface area is 349 Å². The first-order valence-electron chi connectivity index (χ1n) is 19.3. The van der Waals surface area contributed by atoms with Gasteiger partial charge in [0, 0.05) is 0 Å². The molecule has 19 aliphatic heterocycles. The predicted octanol–water partition coefficient (Wildman–Crippen LogP) is -10.6. The molecule has 24 atom stereocenters. The zero-order chi connectivity index (χ0) is 45.2. The van der Waals surface area contributed by atoms with Gasteiger partial charge in [-0.15, -0.1) is 0 Å². The minimum Gasteiger partial charge on any atom is -0.466 e. The largest absolute Gasteiger partial charge is 0.466 e. The number of aliphatic hydroxyl groups excluding tert-OH is 16. The van der Waals surface area contributed by atoms with Crippen molar-refractivity contribution in [1.29, 1.82) is 0 Å². The van der Waals surface area contributed by atoms with E-state index in [0.717, 1.165) is 0 Å². The van der Waals surface area contributed by atoms with Crippen LogP contribution in [-0.2, 0) is 56.8 Å². The summed E-state index contributed by atoms with van der Waals surface area (Å²) >= 11 is 0. The second kappa shape index (κ2) is 21.4. The van der Waals surface area contributed by atoms with E-state index in [2.05, 4.69) is 0 Å². The third-order valence-corrected chi connectivity index (χ3v) is 10.9. The smallest absolute Gasteiger partial charge is 0.268 e. The molecule has 0 amide bonds. The van der Waals surface area contributed by atoms with Crippen LogP contribution in [0, 0.1) is 0 Å². The minimum absolute atomic E-state index is 0.596.